The van der Waals surface area contributed by atoms with Gasteiger partial charge in [0.05, 0.1) is 0 Å². The Morgan fingerprint density at radius 2 is 1.47 bits per heavy atom. The highest BCUT2D eigenvalue weighted by Gasteiger charge is 2.11. The normalized spacial score (nSPS) is 14.0. The Bertz CT molecular complexity index is 574. The summed E-state index contributed by atoms with van der Waals surface area (Å²) in [5.41, 5.74) is 5.47. The van der Waals surface area contributed by atoms with Crippen LogP contribution in [0.2, 0.25) is 5.02 Å². The molecule has 3 rings (SSSR count). The highest BCUT2D eigenvalue weighted by atomic mass is 35.5. The number of fused-ring (bicyclic) bond motifs is 1. The van der Waals surface area contributed by atoms with Gasteiger partial charge in [0.15, 0.2) is 0 Å². The second-order valence-electron chi connectivity index (χ2n) is 5.20. The fourth-order valence-electron chi connectivity index (χ4n) is 2.74. The molecule has 0 amide bonds. The zero-order chi connectivity index (χ0) is 13.2. The van der Waals surface area contributed by atoms with Crippen molar-refractivity contribution in [3.05, 3.63) is 58.6 Å². The van der Waals surface area contributed by atoms with Gasteiger partial charge in [0, 0.05) is 23.4 Å². The molecule has 0 bridgehead atoms. The molecule has 1 aliphatic rings. The van der Waals surface area contributed by atoms with E-state index in [1.165, 1.54) is 48.2 Å². The summed E-state index contributed by atoms with van der Waals surface area (Å²) in [6, 6.07) is 14.8. The van der Waals surface area contributed by atoms with Crippen LogP contribution >= 0.6 is 11.6 Å². The van der Waals surface area contributed by atoms with Gasteiger partial charge >= 0.3 is 0 Å². The molecule has 98 valence electrons. The summed E-state index contributed by atoms with van der Waals surface area (Å²) >= 11 is 5.94. The van der Waals surface area contributed by atoms with E-state index in [1.807, 2.05) is 12.1 Å². The zero-order valence-electron chi connectivity index (χ0n) is 11.2. The molecule has 19 heavy (non-hydrogen) atoms. The molecule has 0 saturated carbocycles. The third-order valence-electron chi connectivity index (χ3n) is 3.93. The quantitative estimate of drug-likeness (QED) is 0.744. The summed E-state index contributed by atoms with van der Waals surface area (Å²) in [5, 5.41) is 0.780. The topological polar surface area (TPSA) is 3.24 Å². The highest BCUT2D eigenvalue weighted by molar-refractivity contribution is 6.30. The van der Waals surface area contributed by atoms with Crippen molar-refractivity contribution >= 4 is 23.0 Å². The summed E-state index contributed by atoms with van der Waals surface area (Å²) in [6.07, 6.45) is 5.11. The Labute approximate surface area is 119 Å². The molecular formula is C17H18ClN. The van der Waals surface area contributed by atoms with Crippen molar-refractivity contribution in [2.75, 3.05) is 11.9 Å². The third-order valence-corrected chi connectivity index (χ3v) is 4.19. The molecule has 2 aromatic rings. The maximum Gasteiger partial charge on any atom is 0.0411 e. The third kappa shape index (κ3) is 2.62. The number of hydrogen-bond donors (Lipinski definition) is 0. The van der Waals surface area contributed by atoms with Crippen LogP contribution < -0.4 is 4.90 Å². The average Bonchev–Trinajstić information content (AvgIpc) is 2.47. The van der Waals surface area contributed by atoms with Gasteiger partial charge < -0.3 is 4.90 Å². The first-order valence-corrected chi connectivity index (χ1v) is 7.23. The predicted octanol–water partition coefficient (Wildman–Crippen LogP) is 4.99. The molecule has 0 unspecified atom stereocenters. The molecule has 1 aliphatic carbocycles. The van der Waals surface area contributed by atoms with E-state index in [0.717, 1.165) is 5.02 Å². The van der Waals surface area contributed by atoms with Crippen LogP contribution in [0.4, 0.5) is 11.4 Å². The monoisotopic (exact) mass is 271 g/mol. The first-order valence-electron chi connectivity index (χ1n) is 6.85. The van der Waals surface area contributed by atoms with Crippen molar-refractivity contribution in [1.82, 2.24) is 0 Å². The average molecular weight is 272 g/mol. The Balaban J connectivity index is 1.91. The lowest BCUT2D eigenvalue weighted by molar-refractivity contribution is 0.685. The van der Waals surface area contributed by atoms with E-state index in [4.69, 9.17) is 11.6 Å². The standard InChI is InChI=1S/C17H18ClN/c1-19(16-10-7-15(18)8-11-16)17-9-6-13-4-2-3-5-14(13)12-17/h6-12H,2-5H2,1H3. The largest absolute Gasteiger partial charge is 0.345 e. The van der Waals surface area contributed by atoms with Gasteiger partial charge in [-0.3, -0.25) is 0 Å². The van der Waals surface area contributed by atoms with Crippen molar-refractivity contribution in [1.29, 1.82) is 0 Å². The first kappa shape index (κ1) is 12.6. The molecule has 2 heteroatoms. The lowest BCUT2D eigenvalue weighted by Gasteiger charge is -2.23. The van der Waals surface area contributed by atoms with Gasteiger partial charge in [-0.15, -0.1) is 0 Å². The van der Waals surface area contributed by atoms with Crippen LogP contribution in [-0.2, 0) is 12.8 Å². The molecule has 2 aromatic carbocycles. The minimum atomic E-state index is 0.780. The van der Waals surface area contributed by atoms with Crippen molar-refractivity contribution < 1.29 is 0 Å². The van der Waals surface area contributed by atoms with Crippen LogP contribution in [0.25, 0.3) is 0 Å². The molecule has 0 fully saturated rings. The lowest BCUT2D eigenvalue weighted by atomic mass is 9.91. The zero-order valence-corrected chi connectivity index (χ0v) is 12.0. The maximum absolute atomic E-state index is 5.94. The smallest absolute Gasteiger partial charge is 0.0411 e. The van der Waals surface area contributed by atoms with E-state index in [0.29, 0.717) is 0 Å². The van der Waals surface area contributed by atoms with Crippen LogP contribution in [-0.4, -0.2) is 7.05 Å². The number of halogens is 1. The van der Waals surface area contributed by atoms with Crippen molar-refractivity contribution in [3.63, 3.8) is 0 Å². The van der Waals surface area contributed by atoms with Crippen molar-refractivity contribution in [2.45, 2.75) is 25.7 Å². The Hall–Kier alpha value is -1.47. The molecule has 0 saturated heterocycles. The number of hydrogen-bond acceptors (Lipinski definition) is 1. The molecule has 0 spiro atoms. The number of anilines is 2. The molecular weight excluding hydrogens is 254 g/mol. The SMILES string of the molecule is CN(c1ccc(Cl)cc1)c1ccc2c(c1)CCCC2. The van der Waals surface area contributed by atoms with Gasteiger partial charge in [-0.1, -0.05) is 17.7 Å². The van der Waals surface area contributed by atoms with E-state index < -0.39 is 0 Å². The first-order chi connectivity index (χ1) is 9.24. The predicted molar refractivity (Wildman–Crippen MR) is 82.6 cm³/mol. The number of aryl methyl sites for hydroxylation is 2. The lowest BCUT2D eigenvalue weighted by Crippen LogP contribution is -2.11. The summed E-state index contributed by atoms with van der Waals surface area (Å²) < 4.78 is 0. The van der Waals surface area contributed by atoms with Gasteiger partial charge in [-0.05, 0) is 73.2 Å². The molecule has 0 N–H and O–H groups in total. The van der Waals surface area contributed by atoms with Gasteiger partial charge in [0.1, 0.15) is 0 Å². The number of nitrogens with zero attached hydrogens (tertiary/aromatic N) is 1. The number of benzene rings is 2. The summed E-state index contributed by atoms with van der Waals surface area (Å²) in [7, 11) is 2.10. The summed E-state index contributed by atoms with van der Waals surface area (Å²) in [6.45, 7) is 0. The maximum atomic E-state index is 5.94. The van der Waals surface area contributed by atoms with Crippen molar-refractivity contribution in [2.24, 2.45) is 0 Å². The van der Waals surface area contributed by atoms with Gasteiger partial charge in [-0.25, -0.2) is 0 Å². The van der Waals surface area contributed by atoms with E-state index >= 15 is 0 Å². The molecule has 0 aliphatic heterocycles. The van der Waals surface area contributed by atoms with E-state index in [9.17, 15) is 0 Å². The minimum absolute atomic E-state index is 0.780. The second-order valence-corrected chi connectivity index (χ2v) is 5.63. The summed E-state index contributed by atoms with van der Waals surface area (Å²) in [5.74, 6) is 0. The van der Waals surface area contributed by atoms with Crippen LogP contribution in [0.3, 0.4) is 0 Å². The van der Waals surface area contributed by atoms with Crippen LogP contribution in [0.5, 0.6) is 0 Å². The Morgan fingerprint density at radius 1 is 0.842 bits per heavy atom. The molecule has 0 radical (unpaired) electrons. The fourth-order valence-corrected chi connectivity index (χ4v) is 2.87. The fraction of sp³-hybridized carbons (Fsp3) is 0.294. The molecule has 0 heterocycles. The van der Waals surface area contributed by atoms with Crippen LogP contribution in [0.15, 0.2) is 42.5 Å². The van der Waals surface area contributed by atoms with E-state index in [-0.39, 0.29) is 0 Å². The molecule has 0 atom stereocenters. The molecule has 0 aromatic heterocycles. The summed E-state index contributed by atoms with van der Waals surface area (Å²) in [4.78, 5) is 2.21. The number of rotatable bonds is 2. The van der Waals surface area contributed by atoms with Crippen LogP contribution in [0, 0.1) is 0 Å². The Kier molecular flexibility index (Phi) is 3.48. The Morgan fingerprint density at radius 3 is 2.21 bits per heavy atom. The van der Waals surface area contributed by atoms with Gasteiger partial charge in [-0.2, -0.15) is 0 Å². The van der Waals surface area contributed by atoms with Crippen LogP contribution in [0.1, 0.15) is 24.0 Å². The van der Waals surface area contributed by atoms with Gasteiger partial charge in [0.25, 0.3) is 0 Å². The van der Waals surface area contributed by atoms with E-state index in [2.05, 4.69) is 42.3 Å². The van der Waals surface area contributed by atoms with E-state index in [1.54, 1.807) is 0 Å². The molecule has 1 nitrogen and oxygen atoms in total. The highest BCUT2D eigenvalue weighted by Crippen LogP contribution is 2.29. The van der Waals surface area contributed by atoms with Gasteiger partial charge in [0.2, 0.25) is 0 Å². The minimum Gasteiger partial charge on any atom is -0.345 e. The van der Waals surface area contributed by atoms with Crippen molar-refractivity contribution in [3.8, 4) is 0 Å². The second kappa shape index (κ2) is 5.26.